The largest absolute Gasteiger partial charge is 0.493 e. The van der Waals surface area contributed by atoms with E-state index in [1.165, 1.54) is 15.9 Å². The van der Waals surface area contributed by atoms with E-state index in [1.807, 2.05) is 18.2 Å². The number of amides is 1. The van der Waals surface area contributed by atoms with Crippen molar-refractivity contribution in [2.24, 2.45) is 0 Å². The SMILES string of the molecule is CCN(CCC(C)Oc1cccc(C)c1)Sc1ccc(OC)c(OC)c1C.O=CNO. The molecule has 0 bridgehead atoms. The molecule has 0 heterocycles. The summed E-state index contributed by atoms with van der Waals surface area (Å²) < 4.78 is 19.3. The number of rotatable bonds is 11. The molecule has 172 valence electrons. The Kier molecular flexibility index (Phi) is 12.5. The number of ether oxygens (including phenoxy) is 3. The molecule has 1 unspecified atom stereocenters. The Morgan fingerprint density at radius 1 is 1.19 bits per heavy atom. The van der Waals surface area contributed by atoms with Crippen molar-refractivity contribution in [3.63, 3.8) is 0 Å². The molecule has 0 saturated carbocycles. The van der Waals surface area contributed by atoms with E-state index >= 15 is 0 Å². The fourth-order valence-electron chi connectivity index (χ4n) is 2.88. The second-order valence-corrected chi connectivity index (χ2v) is 7.96. The molecule has 2 rings (SSSR count). The second kappa shape index (κ2) is 14.6. The average molecular weight is 451 g/mol. The first-order chi connectivity index (χ1) is 14.9. The summed E-state index contributed by atoms with van der Waals surface area (Å²) in [5.74, 6) is 2.51. The van der Waals surface area contributed by atoms with Gasteiger partial charge >= 0.3 is 0 Å². The number of hydroxylamine groups is 1. The first-order valence-corrected chi connectivity index (χ1v) is 10.9. The van der Waals surface area contributed by atoms with Crippen LogP contribution in [0.25, 0.3) is 0 Å². The second-order valence-electron chi connectivity index (χ2n) is 6.82. The van der Waals surface area contributed by atoms with Crippen LogP contribution in [0, 0.1) is 13.8 Å². The molecule has 1 atom stereocenters. The molecule has 2 aromatic rings. The minimum Gasteiger partial charge on any atom is -0.493 e. The van der Waals surface area contributed by atoms with Crippen molar-refractivity contribution in [3.05, 3.63) is 47.5 Å². The van der Waals surface area contributed by atoms with Gasteiger partial charge in [0.2, 0.25) is 6.41 Å². The van der Waals surface area contributed by atoms with Gasteiger partial charge in [-0.1, -0.05) is 19.1 Å². The van der Waals surface area contributed by atoms with Crippen LogP contribution in [0.3, 0.4) is 0 Å². The van der Waals surface area contributed by atoms with Crippen molar-refractivity contribution in [1.82, 2.24) is 9.79 Å². The standard InChI is InChI=1S/C22H31NO3S.CH3NO2/c1-7-23(14-13-17(3)26-19-10-8-9-16(2)15-19)27-21-12-11-20(24-5)22(25-6)18(21)4;3-1-2-4/h8-12,15,17H,7,13-14H2,1-6H3;1,4H,(H,2,3). The topological polar surface area (TPSA) is 80.3 Å². The molecule has 31 heavy (non-hydrogen) atoms. The number of carbonyl (C=O) groups is 1. The summed E-state index contributed by atoms with van der Waals surface area (Å²) >= 11 is 1.76. The Labute approximate surface area is 189 Å². The van der Waals surface area contributed by atoms with E-state index in [-0.39, 0.29) is 12.5 Å². The lowest BCUT2D eigenvalue weighted by Gasteiger charge is -2.23. The quantitative estimate of drug-likeness (QED) is 0.224. The summed E-state index contributed by atoms with van der Waals surface area (Å²) in [6, 6.07) is 12.3. The summed E-state index contributed by atoms with van der Waals surface area (Å²) in [5, 5.41) is 7.26. The van der Waals surface area contributed by atoms with Gasteiger partial charge in [0, 0.05) is 23.5 Å². The molecule has 0 radical (unpaired) electrons. The van der Waals surface area contributed by atoms with E-state index in [4.69, 9.17) is 24.2 Å². The van der Waals surface area contributed by atoms with E-state index in [1.54, 1.807) is 26.2 Å². The lowest BCUT2D eigenvalue weighted by molar-refractivity contribution is -0.116. The maximum absolute atomic E-state index is 8.81. The minimum atomic E-state index is 0.160. The van der Waals surface area contributed by atoms with Crippen LogP contribution in [0.4, 0.5) is 0 Å². The van der Waals surface area contributed by atoms with Crippen LogP contribution >= 0.6 is 11.9 Å². The average Bonchev–Trinajstić information content (AvgIpc) is 2.77. The van der Waals surface area contributed by atoms with Crippen LogP contribution in [0.5, 0.6) is 17.2 Å². The van der Waals surface area contributed by atoms with Crippen LogP contribution in [0.15, 0.2) is 41.3 Å². The highest BCUT2D eigenvalue weighted by molar-refractivity contribution is 7.97. The fourth-order valence-corrected chi connectivity index (χ4v) is 3.84. The molecular formula is C23H34N2O5S. The Hall–Kier alpha value is -2.42. The van der Waals surface area contributed by atoms with Gasteiger partial charge in [-0.3, -0.25) is 10.0 Å². The van der Waals surface area contributed by atoms with Crippen LogP contribution in [0.2, 0.25) is 0 Å². The molecule has 0 aromatic heterocycles. The fraction of sp³-hybridized carbons (Fsp3) is 0.435. The highest BCUT2D eigenvalue weighted by Crippen LogP contribution is 2.38. The number of hydrogen-bond acceptors (Lipinski definition) is 7. The van der Waals surface area contributed by atoms with E-state index in [0.29, 0.717) is 0 Å². The van der Waals surface area contributed by atoms with Crippen LogP contribution < -0.4 is 19.7 Å². The third kappa shape index (κ3) is 9.08. The van der Waals surface area contributed by atoms with E-state index < -0.39 is 0 Å². The summed E-state index contributed by atoms with van der Waals surface area (Å²) in [5.41, 5.74) is 3.57. The maximum Gasteiger partial charge on any atom is 0.230 e. The van der Waals surface area contributed by atoms with E-state index in [2.05, 4.69) is 50.2 Å². The predicted molar refractivity (Wildman–Crippen MR) is 124 cm³/mol. The zero-order valence-corrected chi connectivity index (χ0v) is 20.0. The molecule has 0 saturated heterocycles. The molecular weight excluding hydrogens is 416 g/mol. The Morgan fingerprint density at radius 3 is 2.45 bits per heavy atom. The summed E-state index contributed by atoms with van der Waals surface area (Å²) in [7, 11) is 3.35. The molecule has 0 aliphatic heterocycles. The van der Waals surface area contributed by atoms with Gasteiger partial charge in [0.15, 0.2) is 11.5 Å². The molecule has 0 fully saturated rings. The van der Waals surface area contributed by atoms with E-state index in [0.717, 1.165) is 42.3 Å². The lowest BCUT2D eigenvalue weighted by Crippen LogP contribution is -2.23. The number of nitrogens with one attached hydrogen (secondary N) is 1. The number of nitrogens with zero attached hydrogens (tertiary/aromatic N) is 1. The maximum atomic E-state index is 8.81. The van der Waals surface area contributed by atoms with Crippen molar-refractivity contribution in [1.29, 1.82) is 0 Å². The number of benzene rings is 2. The monoisotopic (exact) mass is 450 g/mol. The van der Waals surface area contributed by atoms with E-state index in [9.17, 15) is 0 Å². The van der Waals surface area contributed by atoms with Gasteiger partial charge in [0.05, 0.1) is 20.3 Å². The van der Waals surface area contributed by atoms with Gasteiger partial charge in [-0.05, 0) is 69.0 Å². The number of hydrogen-bond donors (Lipinski definition) is 2. The first kappa shape index (κ1) is 26.6. The molecule has 0 aliphatic carbocycles. The van der Waals surface area contributed by atoms with Crippen LogP contribution in [-0.4, -0.2) is 49.3 Å². The van der Waals surface area contributed by atoms with Crippen LogP contribution in [-0.2, 0) is 4.79 Å². The highest BCUT2D eigenvalue weighted by Gasteiger charge is 2.15. The molecule has 0 aliphatic rings. The van der Waals surface area contributed by atoms with Crippen LogP contribution in [0.1, 0.15) is 31.4 Å². The Morgan fingerprint density at radius 2 is 1.90 bits per heavy atom. The Bertz CT molecular complexity index is 804. The molecule has 0 spiro atoms. The zero-order valence-electron chi connectivity index (χ0n) is 19.2. The molecule has 2 N–H and O–H groups in total. The summed E-state index contributed by atoms with van der Waals surface area (Å²) in [4.78, 5) is 9.99. The van der Waals surface area contributed by atoms with Crippen molar-refractivity contribution in [2.45, 2.75) is 45.1 Å². The van der Waals surface area contributed by atoms with Gasteiger partial charge in [-0.25, -0.2) is 9.79 Å². The number of aryl methyl sites for hydroxylation is 1. The zero-order chi connectivity index (χ0) is 23.2. The van der Waals surface area contributed by atoms with Crippen molar-refractivity contribution in [2.75, 3.05) is 27.3 Å². The van der Waals surface area contributed by atoms with Crippen molar-refractivity contribution in [3.8, 4) is 17.2 Å². The van der Waals surface area contributed by atoms with Gasteiger partial charge in [-0.15, -0.1) is 0 Å². The first-order valence-electron chi connectivity index (χ1n) is 10.1. The third-order valence-corrected chi connectivity index (χ3v) is 5.83. The van der Waals surface area contributed by atoms with Crippen molar-refractivity contribution < 1.29 is 24.2 Å². The normalized spacial score (nSPS) is 11.2. The molecule has 7 nitrogen and oxygen atoms in total. The summed E-state index contributed by atoms with van der Waals surface area (Å²) in [6.45, 7) is 10.4. The Balaban J connectivity index is 0.00000110. The molecule has 1 amide bonds. The minimum absolute atomic E-state index is 0.160. The van der Waals surface area contributed by atoms with Crippen molar-refractivity contribution >= 4 is 18.4 Å². The lowest BCUT2D eigenvalue weighted by atomic mass is 10.2. The summed E-state index contributed by atoms with van der Waals surface area (Å²) in [6.07, 6.45) is 1.30. The molecule has 8 heteroatoms. The number of carbonyl (C=O) groups excluding carboxylic acids is 1. The smallest absolute Gasteiger partial charge is 0.230 e. The number of methoxy groups -OCH3 is 2. The van der Waals surface area contributed by atoms with Gasteiger partial charge in [0.1, 0.15) is 5.75 Å². The molecule has 2 aromatic carbocycles. The predicted octanol–water partition coefficient (Wildman–Crippen LogP) is 4.63. The van der Waals surface area contributed by atoms with Gasteiger partial charge in [-0.2, -0.15) is 0 Å². The highest BCUT2D eigenvalue weighted by atomic mass is 32.2. The van der Waals surface area contributed by atoms with Gasteiger partial charge in [0.25, 0.3) is 0 Å². The third-order valence-electron chi connectivity index (χ3n) is 4.49. The van der Waals surface area contributed by atoms with Gasteiger partial charge < -0.3 is 14.2 Å².